The Morgan fingerprint density at radius 2 is 1.90 bits per heavy atom. The normalized spacial score (nSPS) is 22.2. The molecule has 0 unspecified atom stereocenters. The number of rotatable bonds is 4. The van der Waals surface area contributed by atoms with E-state index >= 15 is 0 Å². The topological polar surface area (TPSA) is 70.1 Å². The van der Waals surface area contributed by atoms with Crippen molar-refractivity contribution in [3.63, 3.8) is 0 Å². The minimum Gasteiger partial charge on any atom is -0.497 e. The second-order valence-electron chi connectivity index (χ2n) is 7.88. The maximum atomic E-state index is 12.5. The van der Waals surface area contributed by atoms with E-state index in [0.717, 1.165) is 22.4 Å². The lowest BCUT2D eigenvalue weighted by Crippen LogP contribution is -2.73. The molecule has 2 saturated heterocycles. The number of carbonyl (C=O) groups is 2. The predicted octanol–water partition coefficient (Wildman–Crippen LogP) is 2.00. The van der Waals surface area contributed by atoms with Gasteiger partial charge in [0.25, 0.3) is 0 Å². The monoisotopic (exact) mass is 418 g/mol. The van der Waals surface area contributed by atoms with E-state index in [1.165, 1.54) is 0 Å². The van der Waals surface area contributed by atoms with E-state index in [-0.39, 0.29) is 43.0 Å². The molecule has 0 radical (unpaired) electrons. The smallest absolute Gasteiger partial charge is 0.242 e. The lowest BCUT2D eigenvalue weighted by molar-refractivity contribution is -0.166. The average Bonchev–Trinajstić information content (AvgIpc) is 2.79. The summed E-state index contributed by atoms with van der Waals surface area (Å²) in [5.41, 5.74) is 2.80. The zero-order valence-corrected chi connectivity index (χ0v) is 17.7. The van der Waals surface area contributed by atoms with E-state index in [2.05, 4.69) is 11.8 Å². The molecule has 0 saturated carbocycles. The van der Waals surface area contributed by atoms with Gasteiger partial charge in [0.15, 0.2) is 0 Å². The molecule has 2 aliphatic heterocycles. The molecule has 3 atom stereocenters. The highest BCUT2D eigenvalue weighted by atomic mass is 16.5. The Labute approximate surface area is 182 Å². The lowest BCUT2D eigenvalue weighted by Gasteiger charge is -2.58. The van der Waals surface area contributed by atoms with Gasteiger partial charge in [0.05, 0.1) is 32.3 Å². The van der Waals surface area contributed by atoms with E-state index in [9.17, 15) is 14.7 Å². The highest BCUT2D eigenvalue weighted by molar-refractivity contribution is 5.87. The first-order chi connectivity index (χ1) is 15.0. The van der Waals surface area contributed by atoms with Crippen molar-refractivity contribution in [2.24, 2.45) is 0 Å². The zero-order valence-electron chi connectivity index (χ0n) is 17.7. The fraction of sp³-hybridized carbons (Fsp3) is 0.360. The van der Waals surface area contributed by atoms with E-state index in [0.29, 0.717) is 13.0 Å². The van der Waals surface area contributed by atoms with Crippen molar-refractivity contribution >= 4 is 11.8 Å². The number of aliphatic hydroxyl groups is 1. The summed E-state index contributed by atoms with van der Waals surface area (Å²) < 4.78 is 5.23. The summed E-state index contributed by atoms with van der Waals surface area (Å²) in [5, 5.41) is 9.90. The van der Waals surface area contributed by atoms with Crippen LogP contribution in [0.3, 0.4) is 0 Å². The summed E-state index contributed by atoms with van der Waals surface area (Å²) in [5.74, 6) is 6.97. The van der Waals surface area contributed by atoms with Gasteiger partial charge in [0, 0.05) is 30.0 Å². The van der Waals surface area contributed by atoms with Crippen LogP contribution in [0.4, 0.5) is 0 Å². The van der Waals surface area contributed by atoms with Gasteiger partial charge in [-0.3, -0.25) is 9.59 Å². The van der Waals surface area contributed by atoms with Crippen molar-refractivity contribution < 1.29 is 19.4 Å². The molecule has 31 heavy (non-hydrogen) atoms. The number of fused-ring (bicyclic) bond motifs is 1. The minimum atomic E-state index is -0.245. The number of benzene rings is 2. The highest BCUT2D eigenvalue weighted by Gasteiger charge is 2.54. The van der Waals surface area contributed by atoms with Crippen LogP contribution in [0.15, 0.2) is 48.5 Å². The van der Waals surface area contributed by atoms with Crippen LogP contribution >= 0.6 is 0 Å². The second kappa shape index (κ2) is 8.83. The highest BCUT2D eigenvalue weighted by Crippen LogP contribution is 2.42. The van der Waals surface area contributed by atoms with E-state index in [1.54, 1.807) is 23.8 Å². The zero-order chi connectivity index (χ0) is 22.0. The van der Waals surface area contributed by atoms with Crippen LogP contribution in [0.1, 0.15) is 36.0 Å². The van der Waals surface area contributed by atoms with Crippen molar-refractivity contribution in [2.45, 2.75) is 31.3 Å². The van der Waals surface area contributed by atoms with Crippen LogP contribution in [0, 0.1) is 11.8 Å². The Bertz CT molecular complexity index is 1040. The van der Waals surface area contributed by atoms with Gasteiger partial charge in [0.2, 0.25) is 11.8 Å². The molecule has 4 rings (SSSR count). The maximum Gasteiger partial charge on any atom is 0.242 e. The molecule has 2 fully saturated rings. The molecule has 160 valence electrons. The van der Waals surface area contributed by atoms with Crippen molar-refractivity contribution in [2.75, 3.05) is 26.8 Å². The van der Waals surface area contributed by atoms with E-state index in [1.807, 2.05) is 48.5 Å². The molecule has 0 spiro atoms. The van der Waals surface area contributed by atoms with E-state index < -0.39 is 0 Å². The lowest BCUT2D eigenvalue weighted by atomic mass is 9.73. The van der Waals surface area contributed by atoms with Crippen LogP contribution in [0.2, 0.25) is 0 Å². The molecule has 1 N–H and O–H groups in total. The quantitative estimate of drug-likeness (QED) is 0.772. The fourth-order valence-electron chi connectivity index (χ4n) is 4.55. The second-order valence-corrected chi connectivity index (χ2v) is 7.88. The Morgan fingerprint density at radius 1 is 1.16 bits per heavy atom. The van der Waals surface area contributed by atoms with Gasteiger partial charge in [-0.2, -0.15) is 0 Å². The fourth-order valence-corrected chi connectivity index (χ4v) is 4.55. The largest absolute Gasteiger partial charge is 0.497 e. The summed E-state index contributed by atoms with van der Waals surface area (Å²) in [6, 6.07) is 15.2. The van der Waals surface area contributed by atoms with Crippen molar-refractivity contribution in [3.8, 4) is 17.6 Å². The molecule has 2 heterocycles. The van der Waals surface area contributed by atoms with E-state index in [4.69, 9.17) is 4.74 Å². The van der Waals surface area contributed by atoms with Crippen LogP contribution in [-0.2, 0) is 9.59 Å². The van der Waals surface area contributed by atoms with Gasteiger partial charge in [-0.1, -0.05) is 37.0 Å². The number of nitrogens with zero attached hydrogens (tertiary/aromatic N) is 2. The summed E-state index contributed by atoms with van der Waals surface area (Å²) in [4.78, 5) is 28.1. The third-order valence-corrected chi connectivity index (χ3v) is 6.12. The first-order valence-electron chi connectivity index (χ1n) is 10.5. The Balaban J connectivity index is 1.52. The molecule has 0 aromatic heterocycles. The molecule has 2 aromatic rings. The van der Waals surface area contributed by atoms with Crippen molar-refractivity contribution in [1.29, 1.82) is 0 Å². The maximum absolute atomic E-state index is 12.5. The first-order valence-corrected chi connectivity index (χ1v) is 10.5. The summed E-state index contributed by atoms with van der Waals surface area (Å²) >= 11 is 0. The number of hydrogen-bond acceptors (Lipinski definition) is 4. The van der Waals surface area contributed by atoms with Crippen LogP contribution in [0.5, 0.6) is 5.75 Å². The number of amides is 2. The average molecular weight is 418 g/mol. The molecular weight excluding hydrogens is 392 g/mol. The van der Waals surface area contributed by atoms with Crippen molar-refractivity contribution in [3.05, 3.63) is 65.2 Å². The molecule has 2 amide bonds. The SMILES string of the molecule is CCC(=O)N1CC(=O)N2[C@H](CO)[C@H](c3ccc(C#Cc4cccc(OC)c4)cc3)[C@@H]2C1. The third kappa shape index (κ3) is 4.01. The molecule has 6 nitrogen and oxygen atoms in total. The van der Waals surface area contributed by atoms with Crippen LogP contribution in [-0.4, -0.2) is 65.6 Å². The molecule has 0 bridgehead atoms. The molecule has 6 heteroatoms. The predicted molar refractivity (Wildman–Crippen MR) is 117 cm³/mol. The van der Waals surface area contributed by atoms with Crippen LogP contribution in [0.25, 0.3) is 0 Å². The number of ether oxygens (including phenoxy) is 1. The van der Waals surface area contributed by atoms with Gasteiger partial charge in [-0.05, 0) is 35.9 Å². The van der Waals surface area contributed by atoms with Gasteiger partial charge in [-0.25, -0.2) is 0 Å². The third-order valence-electron chi connectivity index (χ3n) is 6.12. The molecular formula is C25H26N2O4. The molecule has 2 aliphatic rings. The Kier molecular flexibility index (Phi) is 5.97. The minimum absolute atomic E-state index is 0.00167. The number of piperazine rings is 1. The van der Waals surface area contributed by atoms with Gasteiger partial charge in [-0.15, -0.1) is 0 Å². The first kappa shape index (κ1) is 21.0. The van der Waals surface area contributed by atoms with Gasteiger partial charge < -0.3 is 19.6 Å². The molecule has 2 aromatic carbocycles. The number of hydrogen-bond donors (Lipinski definition) is 1. The number of methoxy groups -OCH3 is 1. The van der Waals surface area contributed by atoms with Gasteiger partial charge >= 0.3 is 0 Å². The number of carbonyl (C=O) groups excluding carboxylic acids is 2. The van der Waals surface area contributed by atoms with Gasteiger partial charge in [0.1, 0.15) is 5.75 Å². The standard InChI is InChI=1S/C25H26N2O4/c1-3-23(29)26-14-21-25(22(16-28)27(21)24(30)15-26)19-11-9-17(10-12-19)7-8-18-5-4-6-20(13-18)31-2/h4-6,9-13,21-22,25,28H,3,14-16H2,1-2H3/t21-,22+,25+/m0/s1. The number of aliphatic hydroxyl groups excluding tert-OH is 1. The summed E-state index contributed by atoms with van der Waals surface area (Å²) in [6.07, 6.45) is 0.384. The van der Waals surface area contributed by atoms with Crippen LogP contribution < -0.4 is 4.74 Å². The van der Waals surface area contributed by atoms with Crippen molar-refractivity contribution in [1.82, 2.24) is 9.80 Å². The summed E-state index contributed by atoms with van der Waals surface area (Å²) in [7, 11) is 1.63. The Morgan fingerprint density at radius 3 is 2.58 bits per heavy atom. The Hall–Kier alpha value is -3.30. The molecule has 0 aliphatic carbocycles. The summed E-state index contributed by atoms with van der Waals surface area (Å²) in [6.45, 7) is 2.33.